The maximum absolute atomic E-state index is 12.5. The molecule has 2 N–H and O–H groups in total. The van der Waals surface area contributed by atoms with E-state index in [1.807, 2.05) is 13.8 Å². The summed E-state index contributed by atoms with van der Waals surface area (Å²) in [5.41, 5.74) is 0.229. The maximum atomic E-state index is 12.5. The molecule has 1 heterocycles. The Hall–Kier alpha value is -1.96. The van der Waals surface area contributed by atoms with Crippen molar-refractivity contribution in [3.8, 4) is 0 Å². The van der Waals surface area contributed by atoms with Crippen LogP contribution in [0.5, 0.6) is 0 Å². The number of sulfone groups is 1. The van der Waals surface area contributed by atoms with Gasteiger partial charge in [0.05, 0.1) is 11.0 Å². The molecule has 1 aromatic heterocycles. The van der Waals surface area contributed by atoms with Gasteiger partial charge in [-0.25, -0.2) is 13.2 Å². The van der Waals surface area contributed by atoms with Crippen LogP contribution in [0.25, 0.3) is 0 Å². The normalized spacial score (nSPS) is 12.8. The molecule has 0 radical (unpaired) electrons. The first kappa shape index (κ1) is 20.1. The second-order valence-corrected chi connectivity index (χ2v) is 7.95. The van der Waals surface area contributed by atoms with Gasteiger partial charge < -0.3 is 10.4 Å². The summed E-state index contributed by atoms with van der Waals surface area (Å²) >= 11 is 0. The highest BCUT2D eigenvalue weighted by molar-refractivity contribution is 7.92. The molecule has 8 heteroatoms. The Bertz CT molecular complexity index is 640. The molecule has 0 spiro atoms. The Kier molecular flexibility index (Phi) is 7.84. The molecule has 7 nitrogen and oxygen atoms in total. The predicted octanol–water partition coefficient (Wildman–Crippen LogP) is 1.65. The number of rotatable bonds is 10. The molecular formula is C16H24N2O5S. The summed E-state index contributed by atoms with van der Waals surface area (Å²) in [5, 5.41) is 11.0. The SMILES string of the molecule is CCCC(CCC)S(=O)(=O)C[C@@H](NC(=O)c1ccncc1)C(=O)O. The molecule has 1 aromatic rings. The van der Waals surface area contributed by atoms with Crippen molar-refractivity contribution in [1.29, 1.82) is 0 Å². The average molecular weight is 356 g/mol. The van der Waals surface area contributed by atoms with E-state index in [0.29, 0.717) is 25.7 Å². The van der Waals surface area contributed by atoms with Crippen LogP contribution in [0.15, 0.2) is 24.5 Å². The Morgan fingerprint density at radius 1 is 1.17 bits per heavy atom. The number of aliphatic carboxylic acids is 1. The molecule has 0 fully saturated rings. The van der Waals surface area contributed by atoms with E-state index < -0.39 is 38.8 Å². The van der Waals surface area contributed by atoms with Gasteiger partial charge >= 0.3 is 5.97 Å². The van der Waals surface area contributed by atoms with Gasteiger partial charge in [-0.3, -0.25) is 9.78 Å². The summed E-state index contributed by atoms with van der Waals surface area (Å²) in [6.07, 6.45) is 5.18. The van der Waals surface area contributed by atoms with Crippen LogP contribution in [-0.4, -0.2) is 47.4 Å². The number of carboxylic acid groups (broad SMARTS) is 1. The van der Waals surface area contributed by atoms with Crippen LogP contribution in [0.4, 0.5) is 0 Å². The lowest BCUT2D eigenvalue weighted by Gasteiger charge is -2.20. The minimum absolute atomic E-state index is 0.229. The summed E-state index contributed by atoms with van der Waals surface area (Å²) < 4.78 is 25.0. The van der Waals surface area contributed by atoms with Crippen molar-refractivity contribution >= 4 is 21.7 Å². The van der Waals surface area contributed by atoms with Gasteiger partial charge in [0, 0.05) is 18.0 Å². The van der Waals surface area contributed by atoms with Crippen LogP contribution in [-0.2, 0) is 14.6 Å². The van der Waals surface area contributed by atoms with Crippen molar-refractivity contribution in [3.63, 3.8) is 0 Å². The summed E-state index contributed by atoms with van der Waals surface area (Å²) in [7, 11) is -3.63. The number of aromatic nitrogens is 1. The van der Waals surface area contributed by atoms with Gasteiger partial charge in [0.1, 0.15) is 6.04 Å². The van der Waals surface area contributed by atoms with Crippen LogP contribution in [0.2, 0.25) is 0 Å². The zero-order valence-electron chi connectivity index (χ0n) is 13.9. The first-order valence-corrected chi connectivity index (χ1v) is 9.68. The predicted molar refractivity (Wildman–Crippen MR) is 90.5 cm³/mol. The Morgan fingerprint density at radius 3 is 2.17 bits per heavy atom. The van der Waals surface area contributed by atoms with Crippen molar-refractivity contribution in [2.45, 2.75) is 50.8 Å². The zero-order chi connectivity index (χ0) is 18.2. The molecule has 0 bridgehead atoms. The third-order valence-electron chi connectivity index (χ3n) is 3.67. The molecule has 0 saturated carbocycles. The van der Waals surface area contributed by atoms with E-state index >= 15 is 0 Å². The van der Waals surface area contributed by atoms with Gasteiger partial charge in [-0.05, 0) is 25.0 Å². The first-order valence-electron chi connectivity index (χ1n) is 7.97. The van der Waals surface area contributed by atoms with Crippen molar-refractivity contribution in [2.75, 3.05) is 5.75 Å². The summed E-state index contributed by atoms with van der Waals surface area (Å²) in [4.78, 5) is 27.2. The number of amides is 1. The lowest BCUT2D eigenvalue weighted by Crippen LogP contribution is -2.47. The molecule has 0 aliphatic heterocycles. The fourth-order valence-electron chi connectivity index (χ4n) is 2.44. The van der Waals surface area contributed by atoms with E-state index in [4.69, 9.17) is 0 Å². The van der Waals surface area contributed by atoms with E-state index in [2.05, 4.69) is 10.3 Å². The van der Waals surface area contributed by atoms with E-state index in [1.54, 1.807) is 0 Å². The van der Waals surface area contributed by atoms with E-state index in [0.717, 1.165) is 0 Å². The highest BCUT2D eigenvalue weighted by Crippen LogP contribution is 2.17. The molecule has 0 unspecified atom stereocenters. The van der Waals surface area contributed by atoms with Gasteiger partial charge in [-0.15, -0.1) is 0 Å². The molecule has 0 aliphatic carbocycles. The van der Waals surface area contributed by atoms with Gasteiger partial charge in [0.2, 0.25) is 0 Å². The fourth-order valence-corrected chi connectivity index (χ4v) is 4.59. The topological polar surface area (TPSA) is 113 Å². The molecule has 0 saturated heterocycles. The number of carbonyl (C=O) groups excluding carboxylic acids is 1. The second-order valence-electron chi connectivity index (χ2n) is 5.63. The van der Waals surface area contributed by atoms with Gasteiger partial charge in [0.15, 0.2) is 9.84 Å². The van der Waals surface area contributed by atoms with E-state index in [-0.39, 0.29) is 5.56 Å². The van der Waals surface area contributed by atoms with Crippen LogP contribution >= 0.6 is 0 Å². The molecule has 1 rings (SSSR count). The van der Waals surface area contributed by atoms with Gasteiger partial charge in [-0.1, -0.05) is 26.7 Å². The zero-order valence-corrected chi connectivity index (χ0v) is 14.8. The number of carboxylic acids is 1. The van der Waals surface area contributed by atoms with Crippen molar-refractivity contribution in [3.05, 3.63) is 30.1 Å². The molecule has 0 aliphatic rings. The molecule has 134 valence electrons. The molecule has 0 aromatic carbocycles. The first-order chi connectivity index (χ1) is 11.3. The Balaban J connectivity index is 2.88. The second kappa shape index (κ2) is 9.36. The maximum Gasteiger partial charge on any atom is 0.327 e. The summed E-state index contributed by atoms with van der Waals surface area (Å²) in [6.45, 7) is 3.77. The highest BCUT2D eigenvalue weighted by Gasteiger charge is 2.32. The quantitative estimate of drug-likeness (QED) is 0.659. The van der Waals surface area contributed by atoms with Crippen molar-refractivity contribution < 1.29 is 23.1 Å². The fraction of sp³-hybridized carbons (Fsp3) is 0.562. The smallest absolute Gasteiger partial charge is 0.327 e. The van der Waals surface area contributed by atoms with Crippen molar-refractivity contribution in [2.24, 2.45) is 0 Å². The number of carbonyl (C=O) groups is 2. The van der Waals surface area contributed by atoms with Crippen LogP contribution < -0.4 is 5.32 Å². The minimum Gasteiger partial charge on any atom is -0.480 e. The van der Waals surface area contributed by atoms with Crippen LogP contribution in [0.3, 0.4) is 0 Å². The summed E-state index contributed by atoms with van der Waals surface area (Å²) in [5.74, 6) is -2.61. The number of hydrogen-bond acceptors (Lipinski definition) is 5. The number of nitrogens with zero attached hydrogens (tertiary/aromatic N) is 1. The Labute approximate surface area is 142 Å². The molecular weight excluding hydrogens is 332 g/mol. The third kappa shape index (κ3) is 5.92. The van der Waals surface area contributed by atoms with Gasteiger partial charge in [0.25, 0.3) is 5.91 Å². The number of hydrogen-bond donors (Lipinski definition) is 2. The van der Waals surface area contributed by atoms with Crippen LogP contribution in [0.1, 0.15) is 49.9 Å². The lowest BCUT2D eigenvalue weighted by molar-refractivity contribution is -0.138. The van der Waals surface area contributed by atoms with E-state index in [9.17, 15) is 23.1 Å². The standard InChI is InChI=1S/C16H24N2O5S/c1-3-5-13(6-4-2)24(22,23)11-14(16(20)21)18-15(19)12-7-9-17-10-8-12/h7-10,13-14H,3-6,11H2,1-2H3,(H,18,19)(H,20,21)/t14-/m1/s1. The van der Waals surface area contributed by atoms with Crippen LogP contribution in [0, 0.1) is 0 Å². The lowest BCUT2D eigenvalue weighted by atomic mass is 10.2. The monoisotopic (exact) mass is 356 g/mol. The minimum atomic E-state index is -3.63. The van der Waals surface area contributed by atoms with Gasteiger partial charge in [-0.2, -0.15) is 0 Å². The molecule has 1 amide bonds. The number of pyridine rings is 1. The highest BCUT2D eigenvalue weighted by atomic mass is 32.2. The summed E-state index contributed by atoms with van der Waals surface area (Å²) in [6, 6.07) is 1.38. The molecule has 24 heavy (non-hydrogen) atoms. The van der Waals surface area contributed by atoms with Crippen molar-refractivity contribution in [1.82, 2.24) is 10.3 Å². The average Bonchev–Trinajstić information content (AvgIpc) is 2.54. The Morgan fingerprint density at radius 2 is 1.71 bits per heavy atom. The number of nitrogens with one attached hydrogen (secondary N) is 1. The van der Waals surface area contributed by atoms with E-state index in [1.165, 1.54) is 24.5 Å². The molecule has 1 atom stereocenters. The largest absolute Gasteiger partial charge is 0.480 e. The third-order valence-corrected chi connectivity index (χ3v) is 5.96.